The zero-order valence-electron chi connectivity index (χ0n) is 15.3. The largest absolute Gasteiger partial charge is 0.508 e. The summed E-state index contributed by atoms with van der Waals surface area (Å²) in [5, 5.41) is 17.3. The summed E-state index contributed by atoms with van der Waals surface area (Å²) in [6.07, 6.45) is 0.841. The number of H-pyrrole nitrogens is 1. The highest BCUT2D eigenvalue weighted by atomic mass is 16.5. The molecule has 0 radical (unpaired) electrons. The van der Waals surface area contributed by atoms with Crippen LogP contribution >= 0.6 is 0 Å². The van der Waals surface area contributed by atoms with Crippen molar-refractivity contribution in [3.05, 3.63) is 65.4 Å². The number of hydrogen-bond acceptors (Lipinski definition) is 4. The normalized spacial score (nSPS) is 15.9. The number of benzene rings is 2. The number of rotatable bonds is 5. The number of aromatic nitrogens is 2. The number of nitrogens with zero attached hydrogens (tertiary/aromatic N) is 2. The lowest BCUT2D eigenvalue weighted by atomic mass is 9.96. The van der Waals surface area contributed by atoms with E-state index in [0.717, 1.165) is 34.6 Å². The van der Waals surface area contributed by atoms with Crippen molar-refractivity contribution in [2.24, 2.45) is 0 Å². The smallest absolute Gasteiger partial charge is 0.273 e. The van der Waals surface area contributed by atoms with Crippen LogP contribution in [0.1, 0.15) is 41.0 Å². The van der Waals surface area contributed by atoms with Crippen LogP contribution in [-0.2, 0) is 0 Å². The van der Waals surface area contributed by atoms with Gasteiger partial charge in [-0.1, -0.05) is 31.2 Å². The summed E-state index contributed by atoms with van der Waals surface area (Å²) in [6.45, 7) is 2.67. The Kier molecular flexibility index (Phi) is 4.32. The van der Waals surface area contributed by atoms with Crippen LogP contribution in [0.25, 0.3) is 11.3 Å². The van der Waals surface area contributed by atoms with Crippen molar-refractivity contribution in [2.75, 3.05) is 13.7 Å². The molecule has 1 amide bonds. The number of fused-ring (bicyclic) bond motifs is 1. The molecule has 3 aromatic rings. The van der Waals surface area contributed by atoms with Crippen LogP contribution in [0.4, 0.5) is 0 Å². The molecule has 6 nitrogen and oxygen atoms in total. The predicted molar refractivity (Wildman–Crippen MR) is 102 cm³/mol. The van der Waals surface area contributed by atoms with Crippen molar-refractivity contribution < 1.29 is 14.6 Å². The van der Waals surface area contributed by atoms with E-state index >= 15 is 0 Å². The van der Waals surface area contributed by atoms with E-state index in [2.05, 4.69) is 10.2 Å². The Morgan fingerprint density at radius 1 is 1.22 bits per heavy atom. The van der Waals surface area contributed by atoms with Gasteiger partial charge in [-0.25, -0.2) is 0 Å². The van der Waals surface area contributed by atoms with Crippen LogP contribution in [0.5, 0.6) is 11.5 Å². The zero-order valence-corrected chi connectivity index (χ0v) is 15.3. The lowest BCUT2D eigenvalue weighted by molar-refractivity contribution is 0.0743. The lowest BCUT2D eigenvalue weighted by Crippen LogP contribution is -2.30. The topological polar surface area (TPSA) is 78.5 Å². The fourth-order valence-corrected chi connectivity index (χ4v) is 3.70. The highest BCUT2D eigenvalue weighted by molar-refractivity contribution is 6.00. The number of carbonyl (C=O) groups excluding carboxylic acids is 1. The maximum Gasteiger partial charge on any atom is 0.273 e. The average molecular weight is 363 g/mol. The molecule has 0 fully saturated rings. The van der Waals surface area contributed by atoms with Gasteiger partial charge in [-0.2, -0.15) is 5.10 Å². The third-order valence-corrected chi connectivity index (χ3v) is 4.86. The molecule has 1 atom stereocenters. The Bertz CT molecular complexity index is 996. The summed E-state index contributed by atoms with van der Waals surface area (Å²) in [5.74, 6) is 0.839. The van der Waals surface area contributed by atoms with Crippen LogP contribution in [0.15, 0.2) is 48.5 Å². The molecule has 6 heteroatoms. The van der Waals surface area contributed by atoms with E-state index in [1.54, 1.807) is 25.3 Å². The Hall–Kier alpha value is -3.28. The summed E-state index contributed by atoms with van der Waals surface area (Å²) in [5.41, 5.74) is 3.82. The van der Waals surface area contributed by atoms with Crippen molar-refractivity contribution >= 4 is 5.91 Å². The average Bonchev–Trinajstić information content (AvgIpc) is 3.22. The number of aromatic amines is 1. The van der Waals surface area contributed by atoms with Gasteiger partial charge in [0.1, 0.15) is 17.2 Å². The van der Waals surface area contributed by atoms with Crippen LogP contribution in [0.3, 0.4) is 0 Å². The highest BCUT2D eigenvalue weighted by Gasteiger charge is 2.41. The molecule has 1 aliphatic heterocycles. The molecule has 2 aromatic carbocycles. The molecule has 2 N–H and O–H groups in total. The van der Waals surface area contributed by atoms with E-state index in [9.17, 15) is 9.90 Å². The van der Waals surface area contributed by atoms with E-state index in [-0.39, 0.29) is 17.7 Å². The van der Waals surface area contributed by atoms with Gasteiger partial charge in [-0.05, 0) is 36.2 Å². The molecule has 0 bridgehead atoms. The number of phenolic OH excluding ortho intramolecular Hbond substituents is 1. The molecule has 27 heavy (non-hydrogen) atoms. The van der Waals surface area contributed by atoms with Gasteiger partial charge in [-0.3, -0.25) is 9.89 Å². The third-order valence-electron chi connectivity index (χ3n) is 4.86. The van der Waals surface area contributed by atoms with Crippen molar-refractivity contribution in [3.63, 3.8) is 0 Å². The molecule has 0 saturated heterocycles. The van der Waals surface area contributed by atoms with Gasteiger partial charge < -0.3 is 14.7 Å². The number of phenols is 1. The number of aromatic hydroxyl groups is 1. The number of hydrogen-bond donors (Lipinski definition) is 2. The fourth-order valence-electron chi connectivity index (χ4n) is 3.70. The molecule has 0 saturated carbocycles. The molecule has 138 valence electrons. The van der Waals surface area contributed by atoms with Gasteiger partial charge in [0.25, 0.3) is 5.91 Å². The van der Waals surface area contributed by atoms with Crippen LogP contribution < -0.4 is 4.74 Å². The van der Waals surface area contributed by atoms with E-state index in [1.165, 1.54) is 0 Å². The summed E-state index contributed by atoms with van der Waals surface area (Å²) >= 11 is 0. The third kappa shape index (κ3) is 2.83. The number of ether oxygens (including phenoxy) is 1. The monoisotopic (exact) mass is 363 g/mol. The second kappa shape index (κ2) is 6.79. The van der Waals surface area contributed by atoms with Gasteiger partial charge in [0.2, 0.25) is 0 Å². The SMILES string of the molecule is CCCN1C(=O)c2[nH]nc(-c3cccc(OC)c3)c2[C@H]1c1cccc(O)c1. The standard InChI is InChI=1S/C21H21N3O3/c1-3-10-24-20(14-7-4-8-15(25)11-14)17-18(22-23-19(17)21(24)26)13-6-5-9-16(12-13)27-2/h4-9,11-12,20,25H,3,10H2,1-2H3,(H,22,23)/t20-/m1/s1. The first-order valence-electron chi connectivity index (χ1n) is 8.96. The minimum absolute atomic E-state index is 0.0677. The molecule has 1 aliphatic rings. The molecule has 0 spiro atoms. The quantitative estimate of drug-likeness (QED) is 0.724. The first kappa shape index (κ1) is 17.1. The predicted octanol–water partition coefficient (Wildman–Crippen LogP) is 3.75. The molecule has 4 rings (SSSR count). The minimum atomic E-state index is -0.292. The van der Waals surface area contributed by atoms with Crippen molar-refractivity contribution in [1.82, 2.24) is 15.1 Å². The first-order valence-corrected chi connectivity index (χ1v) is 8.96. The number of amides is 1. The minimum Gasteiger partial charge on any atom is -0.508 e. The maximum atomic E-state index is 13.0. The summed E-state index contributed by atoms with van der Waals surface area (Å²) in [7, 11) is 1.62. The van der Waals surface area contributed by atoms with E-state index in [1.807, 2.05) is 42.2 Å². The Morgan fingerprint density at radius 2 is 2.04 bits per heavy atom. The Morgan fingerprint density at radius 3 is 2.78 bits per heavy atom. The molecule has 0 aliphatic carbocycles. The van der Waals surface area contributed by atoms with Crippen molar-refractivity contribution in [1.29, 1.82) is 0 Å². The molecule has 0 unspecified atom stereocenters. The van der Waals surface area contributed by atoms with Gasteiger partial charge in [-0.15, -0.1) is 0 Å². The van der Waals surface area contributed by atoms with Crippen LogP contribution in [-0.4, -0.2) is 39.8 Å². The molecular weight excluding hydrogens is 342 g/mol. The van der Waals surface area contributed by atoms with E-state index in [4.69, 9.17) is 4.74 Å². The Balaban J connectivity index is 1.89. The van der Waals surface area contributed by atoms with Crippen molar-refractivity contribution in [3.8, 4) is 22.8 Å². The zero-order chi connectivity index (χ0) is 19.0. The van der Waals surface area contributed by atoms with Gasteiger partial charge in [0.15, 0.2) is 0 Å². The summed E-state index contributed by atoms with van der Waals surface area (Å²) < 4.78 is 5.33. The van der Waals surface area contributed by atoms with E-state index in [0.29, 0.717) is 12.2 Å². The highest BCUT2D eigenvalue weighted by Crippen LogP contribution is 2.43. The second-order valence-corrected chi connectivity index (χ2v) is 6.59. The van der Waals surface area contributed by atoms with Crippen molar-refractivity contribution in [2.45, 2.75) is 19.4 Å². The van der Waals surface area contributed by atoms with Crippen LogP contribution in [0, 0.1) is 0 Å². The van der Waals surface area contributed by atoms with E-state index < -0.39 is 0 Å². The second-order valence-electron chi connectivity index (χ2n) is 6.59. The molecule has 1 aromatic heterocycles. The van der Waals surface area contributed by atoms with Gasteiger partial charge in [0.05, 0.1) is 18.8 Å². The van der Waals surface area contributed by atoms with Gasteiger partial charge >= 0.3 is 0 Å². The number of carbonyl (C=O) groups is 1. The lowest BCUT2D eigenvalue weighted by Gasteiger charge is -2.26. The summed E-state index contributed by atoms with van der Waals surface area (Å²) in [4.78, 5) is 14.8. The Labute approximate surface area is 157 Å². The summed E-state index contributed by atoms with van der Waals surface area (Å²) in [6, 6.07) is 14.4. The van der Waals surface area contributed by atoms with Gasteiger partial charge in [0, 0.05) is 17.7 Å². The maximum absolute atomic E-state index is 13.0. The first-order chi connectivity index (χ1) is 13.1. The fraction of sp³-hybridized carbons (Fsp3) is 0.238. The number of methoxy groups -OCH3 is 1. The molecular formula is C21H21N3O3. The molecule has 2 heterocycles. The van der Waals surface area contributed by atoms with Crippen LogP contribution in [0.2, 0.25) is 0 Å². The number of nitrogens with one attached hydrogen (secondary N) is 1.